The van der Waals surface area contributed by atoms with Crippen LogP contribution in [0.5, 0.6) is 0 Å². The van der Waals surface area contributed by atoms with Gasteiger partial charge in [-0.15, -0.1) is 34.2 Å². The van der Waals surface area contributed by atoms with E-state index in [9.17, 15) is 4.79 Å². The number of guanidine groups is 1. The Labute approximate surface area is 192 Å². The minimum atomic E-state index is 0. The van der Waals surface area contributed by atoms with Crippen LogP contribution >= 0.6 is 24.0 Å². The van der Waals surface area contributed by atoms with Crippen LogP contribution in [0.3, 0.4) is 0 Å². The van der Waals surface area contributed by atoms with Crippen molar-refractivity contribution in [1.82, 2.24) is 25.2 Å². The van der Waals surface area contributed by atoms with Crippen molar-refractivity contribution >= 4 is 47.2 Å². The number of aryl methyl sites for hydroxylation is 1. The van der Waals surface area contributed by atoms with Crippen molar-refractivity contribution < 1.29 is 4.79 Å². The monoisotopic (exact) mass is 519 g/mol. The Balaban J connectivity index is 0.00000256. The van der Waals surface area contributed by atoms with Gasteiger partial charge in [0.05, 0.1) is 6.04 Å². The number of amides is 1. The molecule has 2 aromatic heterocycles. The van der Waals surface area contributed by atoms with Crippen LogP contribution in [0.2, 0.25) is 0 Å². The normalized spacial score (nSPS) is 16.6. The van der Waals surface area contributed by atoms with Gasteiger partial charge in [-0.3, -0.25) is 14.2 Å². The summed E-state index contributed by atoms with van der Waals surface area (Å²) >= 11 is 0. The average Bonchev–Trinajstić information content (AvgIpc) is 3.34. The first-order valence-electron chi connectivity index (χ1n) is 9.86. The number of hydrogen-bond donors (Lipinski definition) is 2. The first-order chi connectivity index (χ1) is 14.2. The number of carbonyl (C=O) groups is 1. The number of para-hydroxylation sites is 1. The Morgan fingerprint density at radius 2 is 1.97 bits per heavy atom. The first kappa shape index (κ1) is 22.0. The van der Waals surface area contributed by atoms with E-state index in [1.807, 2.05) is 64.0 Å². The van der Waals surface area contributed by atoms with Crippen molar-refractivity contribution in [3.8, 4) is 0 Å². The van der Waals surface area contributed by atoms with Crippen LogP contribution in [0.4, 0.5) is 5.69 Å². The first-order valence-corrected chi connectivity index (χ1v) is 9.86. The highest BCUT2D eigenvalue weighted by Gasteiger charge is 2.30. The van der Waals surface area contributed by atoms with Gasteiger partial charge >= 0.3 is 0 Å². The van der Waals surface area contributed by atoms with Crippen molar-refractivity contribution in [1.29, 1.82) is 0 Å². The molecular formula is C21H26IN7O. The molecule has 3 heterocycles. The maximum Gasteiger partial charge on any atom is 0.229 e. The molecule has 3 aromatic rings. The van der Waals surface area contributed by atoms with E-state index in [-0.39, 0.29) is 35.9 Å². The van der Waals surface area contributed by atoms with Gasteiger partial charge in [0.2, 0.25) is 5.91 Å². The zero-order valence-electron chi connectivity index (χ0n) is 16.9. The molecule has 30 heavy (non-hydrogen) atoms. The number of aliphatic imine (C=N–C) groups is 1. The summed E-state index contributed by atoms with van der Waals surface area (Å²) in [6.45, 7) is 1.39. The highest BCUT2D eigenvalue weighted by Crippen LogP contribution is 2.20. The number of nitrogens with one attached hydrogen (secondary N) is 2. The number of rotatable bonds is 6. The number of benzene rings is 1. The number of hydrogen-bond acceptors (Lipinski definition) is 4. The lowest BCUT2D eigenvalue weighted by Crippen LogP contribution is -2.44. The van der Waals surface area contributed by atoms with Crippen LogP contribution in [0.25, 0.3) is 5.65 Å². The molecule has 1 aliphatic heterocycles. The van der Waals surface area contributed by atoms with Crippen LogP contribution < -0.4 is 15.5 Å². The zero-order valence-corrected chi connectivity index (χ0v) is 19.2. The maximum absolute atomic E-state index is 12.4. The van der Waals surface area contributed by atoms with E-state index in [0.717, 1.165) is 36.5 Å². The molecule has 9 heteroatoms. The Morgan fingerprint density at radius 1 is 1.17 bits per heavy atom. The van der Waals surface area contributed by atoms with E-state index in [4.69, 9.17) is 0 Å². The number of pyridine rings is 1. The Hall–Kier alpha value is -2.69. The van der Waals surface area contributed by atoms with Gasteiger partial charge in [0, 0.05) is 44.9 Å². The van der Waals surface area contributed by atoms with Crippen molar-refractivity contribution in [2.24, 2.45) is 4.99 Å². The molecule has 1 unspecified atom stereocenters. The molecule has 1 aromatic carbocycles. The van der Waals surface area contributed by atoms with E-state index in [0.29, 0.717) is 18.9 Å². The highest BCUT2D eigenvalue weighted by molar-refractivity contribution is 14.0. The molecular weight excluding hydrogens is 493 g/mol. The fourth-order valence-electron chi connectivity index (χ4n) is 3.56. The van der Waals surface area contributed by atoms with Crippen molar-refractivity contribution in [2.45, 2.75) is 25.3 Å². The summed E-state index contributed by atoms with van der Waals surface area (Å²) in [5.74, 6) is 1.79. The van der Waals surface area contributed by atoms with Gasteiger partial charge in [-0.1, -0.05) is 24.3 Å². The predicted molar refractivity (Wildman–Crippen MR) is 128 cm³/mol. The van der Waals surface area contributed by atoms with Crippen LogP contribution in [0.15, 0.2) is 59.7 Å². The van der Waals surface area contributed by atoms with Crippen LogP contribution in [-0.2, 0) is 11.2 Å². The molecule has 4 rings (SSSR count). The smallest absolute Gasteiger partial charge is 0.229 e. The van der Waals surface area contributed by atoms with Crippen molar-refractivity contribution in [3.63, 3.8) is 0 Å². The fourth-order valence-corrected chi connectivity index (χ4v) is 3.56. The fraction of sp³-hybridized carbons (Fsp3) is 0.333. The molecule has 8 nitrogen and oxygen atoms in total. The SMILES string of the molecule is CN=C(NCCCc1nnc2ccccn12)NC1CC(=O)N(c2ccccc2)C1.I. The van der Waals surface area contributed by atoms with E-state index in [1.165, 1.54) is 0 Å². The number of halogens is 1. The van der Waals surface area contributed by atoms with Crippen LogP contribution in [0, 0.1) is 0 Å². The van der Waals surface area contributed by atoms with Gasteiger partial charge in [0.25, 0.3) is 0 Å². The molecule has 1 fully saturated rings. The standard InChI is InChI=1S/C21H25N7O.HI/c1-22-21(23-12-7-11-19-26-25-18-10-5-6-13-27(18)19)24-16-14-20(29)28(15-16)17-8-3-2-4-9-17;/h2-6,8-10,13,16H,7,11-12,14-15H2,1H3,(H2,22,23,24);1H. The van der Waals surface area contributed by atoms with Crippen LogP contribution in [0.1, 0.15) is 18.7 Å². The van der Waals surface area contributed by atoms with E-state index in [2.05, 4.69) is 25.8 Å². The number of nitrogens with zero attached hydrogens (tertiary/aromatic N) is 5. The van der Waals surface area contributed by atoms with Crippen LogP contribution in [-0.4, -0.2) is 52.6 Å². The van der Waals surface area contributed by atoms with Gasteiger partial charge in [-0.2, -0.15) is 0 Å². The molecule has 0 radical (unpaired) electrons. The molecule has 0 aliphatic carbocycles. The second kappa shape index (κ2) is 10.4. The summed E-state index contributed by atoms with van der Waals surface area (Å²) in [5, 5.41) is 15.1. The highest BCUT2D eigenvalue weighted by atomic mass is 127. The van der Waals surface area contributed by atoms with Gasteiger partial charge in [0.1, 0.15) is 5.82 Å². The van der Waals surface area contributed by atoms with E-state index < -0.39 is 0 Å². The Morgan fingerprint density at radius 3 is 2.77 bits per heavy atom. The lowest BCUT2D eigenvalue weighted by atomic mass is 10.2. The molecule has 1 amide bonds. The molecule has 0 bridgehead atoms. The molecule has 2 N–H and O–H groups in total. The van der Waals surface area contributed by atoms with Gasteiger partial charge < -0.3 is 15.5 Å². The number of aromatic nitrogens is 3. The zero-order chi connectivity index (χ0) is 20.1. The molecule has 1 saturated heterocycles. The molecule has 1 aliphatic rings. The third-order valence-electron chi connectivity index (χ3n) is 5.01. The summed E-state index contributed by atoms with van der Waals surface area (Å²) in [7, 11) is 1.74. The van der Waals surface area contributed by atoms with Gasteiger partial charge in [-0.25, -0.2) is 0 Å². The Bertz CT molecular complexity index is 1000. The minimum absolute atomic E-state index is 0. The van der Waals surface area contributed by atoms with E-state index in [1.54, 1.807) is 7.05 Å². The summed E-state index contributed by atoms with van der Waals surface area (Å²) in [4.78, 5) is 18.5. The van der Waals surface area contributed by atoms with Crippen molar-refractivity contribution in [3.05, 3.63) is 60.6 Å². The number of carbonyl (C=O) groups excluding carboxylic acids is 1. The molecule has 0 saturated carbocycles. The summed E-state index contributed by atoms with van der Waals surface area (Å²) in [6, 6.07) is 15.7. The quantitative estimate of drug-likeness (QED) is 0.226. The van der Waals surface area contributed by atoms with Gasteiger partial charge in [-0.05, 0) is 30.7 Å². The second-order valence-electron chi connectivity index (χ2n) is 7.03. The van der Waals surface area contributed by atoms with Crippen molar-refractivity contribution in [2.75, 3.05) is 25.0 Å². The minimum Gasteiger partial charge on any atom is -0.356 e. The molecule has 0 spiro atoms. The van der Waals surface area contributed by atoms with E-state index >= 15 is 0 Å². The summed E-state index contributed by atoms with van der Waals surface area (Å²) < 4.78 is 2.01. The molecule has 1 atom stereocenters. The second-order valence-corrected chi connectivity index (χ2v) is 7.03. The average molecular weight is 519 g/mol. The largest absolute Gasteiger partial charge is 0.356 e. The lowest BCUT2D eigenvalue weighted by Gasteiger charge is -2.19. The number of fused-ring (bicyclic) bond motifs is 1. The topological polar surface area (TPSA) is 86.9 Å². The Kier molecular flexibility index (Phi) is 7.61. The number of anilines is 1. The lowest BCUT2D eigenvalue weighted by molar-refractivity contribution is -0.117. The predicted octanol–water partition coefficient (Wildman–Crippen LogP) is 2.25. The third kappa shape index (κ3) is 5.07. The summed E-state index contributed by atoms with van der Waals surface area (Å²) in [5.41, 5.74) is 1.80. The third-order valence-corrected chi connectivity index (χ3v) is 5.01. The van der Waals surface area contributed by atoms with Gasteiger partial charge in [0.15, 0.2) is 11.6 Å². The maximum atomic E-state index is 12.4. The molecule has 158 valence electrons. The summed E-state index contributed by atoms with van der Waals surface area (Å²) in [6.07, 6.45) is 4.16.